The van der Waals surface area contributed by atoms with Crippen LogP contribution in [-0.4, -0.2) is 12.5 Å². The van der Waals surface area contributed by atoms with Gasteiger partial charge < -0.3 is 5.32 Å². The van der Waals surface area contributed by atoms with Crippen molar-refractivity contribution in [3.63, 3.8) is 0 Å². The summed E-state index contributed by atoms with van der Waals surface area (Å²) in [6, 6.07) is 0. The van der Waals surface area contributed by atoms with E-state index in [1.165, 1.54) is 199 Å². The molecule has 0 unspecified atom stereocenters. The molecule has 1 N–H and O–H groups in total. The van der Waals surface area contributed by atoms with Gasteiger partial charge in [0.25, 0.3) is 0 Å². The van der Waals surface area contributed by atoms with E-state index in [1.54, 1.807) is 0 Å². The minimum atomic E-state index is 0.279. The van der Waals surface area contributed by atoms with Gasteiger partial charge in [0.2, 0.25) is 5.91 Å². The van der Waals surface area contributed by atoms with Gasteiger partial charge in [-0.15, -0.1) is 0 Å². The van der Waals surface area contributed by atoms with Gasteiger partial charge in [0.05, 0.1) is 0 Å². The molecule has 0 spiro atoms. The van der Waals surface area contributed by atoms with E-state index in [2.05, 4.69) is 19.2 Å². The number of carbonyl (C=O) groups is 1. The Morgan fingerprint density at radius 1 is 0.325 bits per heavy atom. The lowest BCUT2D eigenvalue weighted by atomic mass is 10.0. The number of hydrogen-bond donors (Lipinski definition) is 1. The van der Waals surface area contributed by atoms with Gasteiger partial charge in [0.1, 0.15) is 0 Å². The smallest absolute Gasteiger partial charge is 0.219 e. The van der Waals surface area contributed by atoms with Crippen LogP contribution >= 0.6 is 0 Å². The van der Waals surface area contributed by atoms with Gasteiger partial charge in [-0.3, -0.25) is 4.79 Å². The number of carbonyl (C=O) groups excluding carboxylic acids is 1. The molecule has 0 aliphatic heterocycles. The van der Waals surface area contributed by atoms with Gasteiger partial charge >= 0.3 is 0 Å². The van der Waals surface area contributed by atoms with Crippen LogP contribution in [0.1, 0.15) is 232 Å². The molecule has 0 aromatic carbocycles. The maximum Gasteiger partial charge on any atom is 0.219 e. The molecular weight excluding hydrogens is 486 g/mol. The van der Waals surface area contributed by atoms with Crippen molar-refractivity contribution >= 4 is 5.91 Å². The molecule has 40 heavy (non-hydrogen) atoms. The van der Waals surface area contributed by atoms with Crippen LogP contribution in [0.5, 0.6) is 0 Å². The molecule has 0 atom stereocenters. The van der Waals surface area contributed by atoms with Gasteiger partial charge in [-0.2, -0.15) is 0 Å². The molecule has 0 saturated heterocycles. The first kappa shape index (κ1) is 39.5. The molecule has 0 saturated carbocycles. The van der Waals surface area contributed by atoms with Crippen molar-refractivity contribution in [2.45, 2.75) is 232 Å². The Balaban J connectivity index is 3.14. The van der Waals surface area contributed by atoms with E-state index < -0.39 is 0 Å². The van der Waals surface area contributed by atoms with E-state index in [4.69, 9.17) is 0 Å². The number of rotatable bonds is 35. The normalized spacial score (nSPS) is 11.3. The third-order valence-electron chi connectivity index (χ3n) is 8.86. The monoisotopic (exact) mass is 564 g/mol. The van der Waals surface area contributed by atoms with Crippen molar-refractivity contribution in [1.82, 2.24) is 5.32 Å². The maximum absolute atomic E-state index is 12.0. The second-order valence-corrected chi connectivity index (χ2v) is 13.1. The van der Waals surface area contributed by atoms with Crippen molar-refractivity contribution < 1.29 is 4.79 Å². The summed E-state index contributed by atoms with van der Waals surface area (Å²) >= 11 is 0. The summed E-state index contributed by atoms with van der Waals surface area (Å²) in [7, 11) is 0. The zero-order chi connectivity index (χ0) is 29.0. The number of amides is 1. The Morgan fingerprint density at radius 2 is 0.550 bits per heavy atom. The van der Waals surface area contributed by atoms with Crippen LogP contribution in [0, 0.1) is 0 Å². The summed E-state index contributed by atoms with van der Waals surface area (Å²) in [5.41, 5.74) is 0. The highest BCUT2D eigenvalue weighted by atomic mass is 16.1. The summed E-state index contributed by atoms with van der Waals surface area (Å²) < 4.78 is 0. The molecule has 0 fully saturated rings. The Hall–Kier alpha value is -0.530. The number of hydrogen-bond acceptors (Lipinski definition) is 1. The molecule has 0 aromatic heterocycles. The Morgan fingerprint density at radius 3 is 0.825 bits per heavy atom. The molecule has 0 rings (SSSR count). The van der Waals surface area contributed by atoms with E-state index in [0.29, 0.717) is 0 Å². The van der Waals surface area contributed by atoms with Gasteiger partial charge in [0, 0.05) is 13.0 Å². The molecule has 0 heterocycles. The van der Waals surface area contributed by atoms with Gasteiger partial charge in [0.15, 0.2) is 0 Å². The van der Waals surface area contributed by atoms with E-state index in [-0.39, 0.29) is 5.91 Å². The van der Waals surface area contributed by atoms with Crippen LogP contribution in [-0.2, 0) is 4.79 Å². The van der Waals surface area contributed by atoms with Crippen molar-refractivity contribution in [2.75, 3.05) is 6.54 Å². The van der Waals surface area contributed by atoms with Crippen LogP contribution in [0.15, 0.2) is 0 Å². The second kappa shape index (κ2) is 36.5. The average molecular weight is 564 g/mol. The van der Waals surface area contributed by atoms with Crippen LogP contribution in [0.4, 0.5) is 0 Å². The first-order valence-electron chi connectivity index (χ1n) is 19.1. The third-order valence-corrected chi connectivity index (χ3v) is 8.86. The minimum Gasteiger partial charge on any atom is -0.356 e. The van der Waals surface area contributed by atoms with Crippen molar-refractivity contribution in [2.24, 2.45) is 0 Å². The highest BCUT2D eigenvalue weighted by Crippen LogP contribution is 2.15. The van der Waals surface area contributed by atoms with Crippen LogP contribution in [0.2, 0.25) is 0 Å². The van der Waals surface area contributed by atoms with Gasteiger partial charge in [-0.05, 0) is 12.8 Å². The minimum absolute atomic E-state index is 0.279. The Kier molecular flexibility index (Phi) is 36.0. The second-order valence-electron chi connectivity index (χ2n) is 13.1. The zero-order valence-electron chi connectivity index (χ0n) is 28.2. The molecule has 1 amide bonds. The third kappa shape index (κ3) is 35.5. The Labute approximate surface area is 254 Å². The van der Waals surface area contributed by atoms with Crippen molar-refractivity contribution in [3.05, 3.63) is 0 Å². The van der Waals surface area contributed by atoms with E-state index in [9.17, 15) is 4.79 Å². The molecule has 240 valence electrons. The maximum atomic E-state index is 12.0. The molecule has 0 bridgehead atoms. The summed E-state index contributed by atoms with van der Waals surface area (Å²) in [5, 5.41) is 3.15. The fraction of sp³-hybridized carbons (Fsp3) is 0.974. The predicted octanol–water partition coefficient (Wildman–Crippen LogP) is 13.4. The highest BCUT2D eigenvalue weighted by molar-refractivity contribution is 5.75. The van der Waals surface area contributed by atoms with E-state index >= 15 is 0 Å². The van der Waals surface area contributed by atoms with Crippen LogP contribution in [0.25, 0.3) is 0 Å². The lowest BCUT2D eigenvalue weighted by molar-refractivity contribution is -0.121. The molecule has 2 heteroatoms. The molecule has 0 radical (unpaired) electrons. The Bertz CT molecular complexity index is 462. The molecular formula is C38H77NO. The van der Waals surface area contributed by atoms with Crippen LogP contribution in [0.3, 0.4) is 0 Å². The summed E-state index contributed by atoms with van der Waals surface area (Å²) in [5.74, 6) is 0.279. The molecule has 2 nitrogen and oxygen atoms in total. The van der Waals surface area contributed by atoms with Crippen molar-refractivity contribution in [3.8, 4) is 0 Å². The molecule has 0 aromatic rings. The van der Waals surface area contributed by atoms with Crippen molar-refractivity contribution in [1.29, 1.82) is 0 Å². The SMILES string of the molecule is CCCCCCCCCCCCCCCCCCCCCC(=O)NCCCCCCCCCCCCCCCC. The quantitative estimate of drug-likeness (QED) is 0.0763. The standard InChI is InChI=1S/C38H77NO/c1-3-5-7-9-11-13-15-17-19-20-21-22-23-24-26-28-30-32-34-36-38(40)39-37-35-33-31-29-27-25-18-16-14-12-10-8-6-4-2/h3-37H2,1-2H3,(H,39,40). The van der Waals surface area contributed by atoms with E-state index in [0.717, 1.165) is 25.8 Å². The molecule has 0 aliphatic rings. The summed E-state index contributed by atoms with van der Waals surface area (Å²) in [4.78, 5) is 12.0. The van der Waals surface area contributed by atoms with Gasteiger partial charge in [-0.1, -0.05) is 213 Å². The fourth-order valence-corrected chi connectivity index (χ4v) is 6.00. The fourth-order valence-electron chi connectivity index (χ4n) is 6.00. The first-order valence-corrected chi connectivity index (χ1v) is 19.1. The van der Waals surface area contributed by atoms with Gasteiger partial charge in [-0.25, -0.2) is 0 Å². The number of nitrogens with one attached hydrogen (secondary N) is 1. The summed E-state index contributed by atoms with van der Waals surface area (Å²) in [6.45, 7) is 5.47. The zero-order valence-corrected chi connectivity index (χ0v) is 28.2. The lowest BCUT2D eigenvalue weighted by Gasteiger charge is -2.06. The highest BCUT2D eigenvalue weighted by Gasteiger charge is 2.01. The largest absolute Gasteiger partial charge is 0.356 e. The number of unbranched alkanes of at least 4 members (excludes halogenated alkanes) is 31. The average Bonchev–Trinajstić information content (AvgIpc) is 2.96. The topological polar surface area (TPSA) is 29.1 Å². The molecule has 0 aliphatic carbocycles. The lowest BCUT2D eigenvalue weighted by Crippen LogP contribution is -2.23. The summed E-state index contributed by atoms with van der Waals surface area (Å²) in [6.07, 6.45) is 46.7. The van der Waals surface area contributed by atoms with E-state index in [1.807, 2.05) is 0 Å². The van der Waals surface area contributed by atoms with Crippen LogP contribution < -0.4 is 5.32 Å². The first-order chi connectivity index (χ1) is 19.8. The predicted molar refractivity (Wildman–Crippen MR) is 181 cm³/mol.